The zero-order chi connectivity index (χ0) is 9.59. The number of hydrogen-bond acceptors (Lipinski definition) is 3. The van der Waals surface area contributed by atoms with Crippen molar-refractivity contribution in [1.29, 1.82) is 0 Å². The second-order valence-electron chi connectivity index (χ2n) is 2.49. The highest BCUT2D eigenvalue weighted by atomic mass is 79.9. The molecule has 0 unspecified atom stereocenters. The Morgan fingerprint density at radius 2 is 1.69 bits per heavy atom. The van der Waals surface area contributed by atoms with Crippen LogP contribution in [0, 0.1) is 5.82 Å². The van der Waals surface area contributed by atoms with E-state index in [4.69, 9.17) is 0 Å². The van der Waals surface area contributed by atoms with Crippen molar-refractivity contribution in [1.82, 2.24) is 0 Å². The van der Waals surface area contributed by atoms with Crippen molar-refractivity contribution in [2.24, 2.45) is 0 Å². The average molecular weight is 245 g/mol. The van der Waals surface area contributed by atoms with Gasteiger partial charge in [0, 0.05) is 0 Å². The maximum Gasteiger partial charge on any atom is 0.347 e. The molecule has 2 rings (SSSR count). The van der Waals surface area contributed by atoms with E-state index >= 15 is 0 Å². The lowest BCUT2D eigenvalue weighted by atomic mass is 10.1. The molecule has 1 aromatic carbocycles. The Balaban J connectivity index is 2.72. The lowest BCUT2D eigenvalue weighted by Crippen LogP contribution is -1.96. The first kappa shape index (κ1) is 8.37. The summed E-state index contributed by atoms with van der Waals surface area (Å²) in [6, 6.07) is 2.21. The first-order chi connectivity index (χ1) is 6.09. The molecule has 66 valence electrons. The number of ether oxygens (including phenoxy) is 1. The van der Waals surface area contributed by atoms with Gasteiger partial charge in [-0.15, -0.1) is 0 Å². The highest BCUT2D eigenvalue weighted by Crippen LogP contribution is 2.26. The fourth-order valence-corrected chi connectivity index (χ4v) is 1.42. The van der Waals surface area contributed by atoms with Gasteiger partial charge >= 0.3 is 11.9 Å². The number of cyclic esters (lactones) is 2. The van der Waals surface area contributed by atoms with E-state index in [9.17, 15) is 14.0 Å². The Morgan fingerprint density at radius 3 is 2.31 bits per heavy atom. The monoisotopic (exact) mass is 244 g/mol. The third-order valence-electron chi connectivity index (χ3n) is 1.69. The maximum atomic E-state index is 12.9. The zero-order valence-electron chi connectivity index (χ0n) is 6.14. The quantitative estimate of drug-likeness (QED) is 0.517. The van der Waals surface area contributed by atoms with Gasteiger partial charge in [0.2, 0.25) is 0 Å². The molecule has 0 spiro atoms. The fraction of sp³-hybridized carbons (Fsp3) is 0. The first-order valence-electron chi connectivity index (χ1n) is 3.35. The van der Waals surface area contributed by atoms with Gasteiger partial charge in [-0.25, -0.2) is 14.0 Å². The van der Waals surface area contributed by atoms with Crippen LogP contribution < -0.4 is 0 Å². The molecular weight excluding hydrogens is 243 g/mol. The summed E-state index contributed by atoms with van der Waals surface area (Å²) in [7, 11) is 0. The molecule has 1 aliphatic rings. The van der Waals surface area contributed by atoms with Crippen LogP contribution in [0.4, 0.5) is 4.39 Å². The summed E-state index contributed by atoms with van der Waals surface area (Å²) in [6.45, 7) is 0. The van der Waals surface area contributed by atoms with Crippen LogP contribution in [0.15, 0.2) is 16.6 Å². The van der Waals surface area contributed by atoms with Crippen LogP contribution in [-0.2, 0) is 4.74 Å². The molecule has 0 saturated carbocycles. The Hall–Kier alpha value is -1.23. The van der Waals surface area contributed by atoms with E-state index in [0.29, 0.717) is 0 Å². The minimum Gasteiger partial charge on any atom is -0.386 e. The van der Waals surface area contributed by atoms with Gasteiger partial charge in [-0.3, -0.25) is 0 Å². The molecule has 0 aromatic heterocycles. The summed E-state index contributed by atoms with van der Waals surface area (Å²) in [5.74, 6) is -2.13. The van der Waals surface area contributed by atoms with Crippen LogP contribution in [0.2, 0.25) is 0 Å². The molecule has 0 N–H and O–H groups in total. The predicted octanol–water partition coefficient (Wildman–Crippen LogP) is 1.90. The standard InChI is InChI=1S/C8H2BrFO3/c9-5-1-3-4(2-6(5)10)8(12)13-7(3)11/h1-2H. The second kappa shape index (κ2) is 2.63. The van der Waals surface area contributed by atoms with Crippen LogP contribution in [-0.4, -0.2) is 11.9 Å². The number of esters is 2. The summed E-state index contributed by atoms with van der Waals surface area (Å²) in [5.41, 5.74) is 0.0731. The lowest BCUT2D eigenvalue weighted by Gasteiger charge is -1.95. The third-order valence-corrected chi connectivity index (χ3v) is 2.29. The zero-order valence-corrected chi connectivity index (χ0v) is 7.72. The van der Waals surface area contributed by atoms with Crippen molar-refractivity contribution in [3.05, 3.63) is 33.5 Å². The molecule has 5 heteroatoms. The molecule has 1 aliphatic heterocycles. The number of rotatable bonds is 0. The van der Waals surface area contributed by atoms with E-state index in [2.05, 4.69) is 20.7 Å². The Kier molecular flexibility index (Phi) is 1.69. The van der Waals surface area contributed by atoms with Crippen molar-refractivity contribution < 1.29 is 18.7 Å². The number of carbonyl (C=O) groups excluding carboxylic acids is 2. The van der Waals surface area contributed by atoms with Crippen LogP contribution in [0.25, 0.3) is 0 Å². The van der Waals surface area contributed by atoms with Gasteiger partial charge in [-0.05, 0) is 28.1 Å². The van der Waals surface area contributed by atoms with Gasteiger partial charge in [0.1, 0.15) is 5.82 Å². The van der Waals surface area contributed by atoms with Crippen LogP contribution in [0.1, 0.15) is 20.7 Å². The fourth-order valence-electron chi connectivity index (χ4n) is 1.08. The van der Waals surface area contributed by atoms with E-state index in [1.165, 1.54) is 6.07 Å². The summed E-state index contributed by atoms with van der Waals surface area (Å²) in [5, 5.41) is 0. The minimum absolute atomic E-state index is 0.0225. The van der Waals surface area contributed by atoms with E-state index in [0.717, 1.165) is 6.07 Å². The van der Waals surface area contributed by atoms with E-state index in [1.54, 1.807) is 0 Å². The predicted molar refractivity (Wildman–Crippen MR) is 43.8 cm³/mol. The minimum atomic E-state index is -0.800. The summed E-state index contributed by atoms with van der Waals surface area (Å²) in [6.07, 6.45) is 0. The molecule has 0 saturated heterocycles. The van der Waals surface area contributed by atoms with E-state index < -0.39 is 17.8 Å². The van der Waals surface area contributed by atoms with Gasteiger partial charge < -0.3 is 4.74 Å². The van der Waals surface area contributed by atoms with Crippen LogP contribution in [0.3, 0.4) is 0 Å². The van der Waals surface area contributed by atoms with Crippen molar-refractivity contribution in [2.75, 3.05) is 0 Å². The Labute approximate surface area is 80.6 Å². The topological polar surface area (TPSA) is 43.4 Å². The summed E-state index contributed by atoms with van der Waals surface area (Å²) < 4.78 is 17.3. The second-order valence-corrected chi connectivity index (χ2v) is 3.34. The van der Waals surface area contributed by atoms with Crippen molar-refractivity contribution in [2.45, 2.75) is 0 Å². The van der Waals surface area contributed by atoms with Crippen molar-refractivity contribution >= 4 is 27.9 Å². The highest BCUT2D eigenvalue weighted by Gasteiger charge is 2.30. The number of benzene rings is 1. The molecule has 0 aliphatic carbocycles. The van der Waals surface area contributed by atoms with Gasteiger partial charge in [0.05, 0.1) is 15.6 Å². The van der Waals surface area contributed by atoms with Crippen molar-refractivity contribution in [3.63, 3.8) is 0 Å². The molecule has 1 aromatic rings. The Morgan fingerprint density at radius 1 is 1.15 bits per heavy atom. The molecule has 1 heterocycles. The number of carbonyl (C=O) groups is 2. The molecule has 0 atom stereocenters. The number of hydrogen-bond donors (Lipinski definition) is 0. The molecule has 3 nitrogen and oxygen atoms in total. The maximum absolute atomic E-state index is 12.9. The number of halogens is 2. The first-order valence-corrected chi connectivity index (χ1v) is 4.14. The molecule has 0 radical (unpaired) electrons. The van der Waals surface area contributed by atoms with Gasteiger partial charge in [0.15, 0.2) is 0 Å². The smallest absolute Gasteiger partial charge is 0.347 e. The van der Waals surface area contributed by atoms with E-state index in [-0.39, 0.29) is 15.6 Å². The molecule has 0 fully saturated rings. The third kappa shape index (κ3) is 1.16. The largest absolute Gasteiger partial charge is 0.386 e. The average Bonchev–Trinajstić information content (AvgIpc) is 2.31. The van der Waals surface area contributed by atoms with Crippen LogP contribution in [0.5, 0.6) is 0 Å². The molecular formula is C8H2BrFO3. The normalized spacial score (nSPS) is 14.3. The molecule has 0 amide bonds. The van der Waals surface area contributed by atoms with Gasteiger partial charge in [-0.1, -0.05) is 0 Å². The summed E-state index contributed by atoms with van der Waals surface area (Å²) >= 11 is 2.90. The van der Waals surface area contributed by atoms with Crippen LogP contribution >= 0.6 is 15.9 Å². The van der Waals surface area contributed by atoms with E-state index in [1.807, 2.05) is 0 Å². The van der Waals surface area contributed by atoms with Crippen molar-refractivity contribution in [3.8, 4) is 0 Å². The summed E-state index contributed by atoms with van der Waals surface area (Å²) in [4.78, 5) is 21.9. The van der Waals surface area contributed by atoms with Gasteiger partial charge in [-0.2, -0.15) is 0 Å². The molecule has 13 heavy (non-hydrogen) atoms. The number of fused-ring (bicyclic) bond motifs is 1. The SMILES string of the molecule is O=C1OC(=O)c2cc(Br)c(F)cc21. The Bertz CT molecular complexity index is 389. The lowest BCUT2D eigenvalue weighted by molar-refractivity contribution is 0.0443. The highest BCUT2D eigenvalue weighted by molar-refractivity contribution is 9.10. The molecule has 0 bridgehead atoms. The van der Waals surface area contributed by atoms with Gasteiger partial charge in [0.25, 0.3) is 0 Å².